The molecular weight excluding hydrogens is 536 g/mol. The van der Waals surface area contributed by atoms with Gasteiger partial charge in [-0.25, -0.2) is 9.18 Å². The van der Waals surface area contributed by atoms with Crippen molar-refractivity contribution in [1.82, 2.24) is 10.2 Å². The predicted octanol–water partition coefficient (Wildman–Crippen LogP) is 5.44. The van der Waals surface area contributed by atoms with Gasteiger partial charge >= 0.3 is 13.2 Å². The number of carbonyl (C=O) groups excluding carboxylic acids is 2. The van der Waals surface area contributed by atoms with Crippen LogP contribution in [0.4, 0.5) is 9.18 Å². The van der Waals surface area contributed by atoms with Crippen molar-refractivity contribution in [3.05, 3.63) is 35.6 Å². The maximum Gasteiger partial charge on any atom is 0.482 e. The molecule has 2 saturated heterocycles. The van der Waals surface area contributed by atoms with E-state index in [-0.39, 0.29) is 35.9 Å². The van der Waals surface area contributed by atoms with Crippen LogP contribution in [-0.4, -0.2) is 59.9 Å². The number of likely N-dealkylation sites (tertiary alicyclic amines) is 1. The van der Waals surface area contributed by atoms with Crippen LogP contribution in [0.25, 0.3) is 0 Å². The second kappa shape index (κ2) is 11.5. The Morgan fingerprint density at radius 2 is 1.95 bits per heavy atom. The largest absolute Gasteiger partial charge is 0.482 e. The van der Waals surface area contributed by atoms with Crippen LogP contribution in [0.2, 0.25) is 0 Å². The number of halogens is 1. The van der Waals surface area contributed by atoms with Crippen LogP contribution in [0.1, 0.15) is 85.6 Å². The van der Waals surface area contributed by atoms with Crippen LogP contribution < -0.4 is 5.32 Å². The number of amides is 2. The topological polar surface area (TPSA) is 101 Å². The van der Waals surface area contributed by atoms with E-state index in [0.29, 0.717) is 24.7 Å². The van der Waals surface area contributed by atoms with Crippen LogP contribution >= 0.6 is 0 Å². The van der Waals surface area contributed by atoms with E-state index < -0.39 is 36.2 Å². The number of benzene rings is 1. The summed E-state index contributed by atoms with van der Waals surface area (Å²) in [5, 5.41) is 12.4. The maximum absolute atomic E-state index is 13.6. The number of rotatable bonds is 9. The van der Waals surface area contributed by atoms with E-state index in [1.165, 1.54) is 12.1 Å². The van der Waals surface area contributed by atoms with E-state index in [9.17, 15) is 19.2 Å². The summed E-state index contributed by atoms with van der Waals surface area (Å²) >= 11 is 0. The molecule has 2 heterocycles. The smallest absolute Gasteiger partial charge is 0.447 e. The van der Waals surface area contributed by atoms with E-state index >= 15 is 0 Å². The number of nitrogens with one attached hydrogen (secondary N) is 1. The zero-order chi connectivity index (χ0) is 30.4. The Bertz CT molecular complexity index is 1220. The average Bonchev–Trinajstić information content (AvgIpc) is 3.48. The van der Waals surface area contributed by atoms with Crippen LogP contribution in [0.3, 0.4) is 0 Å². The quantitative estimate of drug-likeness (QED) is 0.390. The summed E-state index contributed by atoms with van der Waals surface area (Å²) in [6.07, 6.45) is 4.97. The highest BCUT2D eigenvalue weighted by molar-refractivity contribution is 6.47. The SMILES string of the molecule is CCCC1CCC(C)(COC(=O)NC(Cc2ccc(F)cc2)B2O[C@@H]3CC4CC(C4(C)C)[C@]3(C)O2)N1C(=O)C(C)C#N. The van der Waals surface area contributed by atoms with Gasteiger partial charge < -0.3 is 24.3 Å². The van der Waals surface area contributed by atoms with Crippen LogP contribution in [-0.2, 0) is 25.3 Å². The summed E-state index contributed by atoms with van der Waals surface area (Å²) in [6, 6.07) is 8.29. The van der Waals surface area contributed by atoms with E-state index in [1.807, 2.05) is 6.92 Å². The molecule has 5 aliphatic rings. The van der Waals surface area contributed by atoms with Gasteiger partial charge in [0.2, 0.25) is 5.91 Å². The standard InChI is InChI=1S/C32H45BFN3O5/c1-7-8-24-13-14-31(5,37(24)28(38)20(2)18-35)19-40-29(39)36-27(15-21-9-11-23(34)12-10-21)33-41-26-17-22-16-25(30(22,3)4)32(26,6)42-33/h9-12,20,22,24-27H,7-8,13-17,19H2,1-6H3,(H,36,39)/t20?,22?,24?,25?,26-,27?,31?,32+/m1/s1. The molecule has 6 unspecified atom stereocenters. The first-order valence-electron chi connectivity index (χ1n) is 15.6. The minimum absolute atomic E-state index is 0.0108. The van der Waals surface area contributed by atoms with E-state index in [0.717, 1.165) is 37.7 Å². The fraction of sp³-hybridized carbons (Fsp3) is 0.719. The number of hydrogen-bond acceptors (Lipinski definition) is 6. The van der Waals surface area contributed by atoms with Crippen molar-refractivity contribution in [3.63, 3.8) is 0 Å². The Balaban J connectivity index is 1.30. The fourth-order valence-electron chi connectivity index (χ4n) is 8.20. The lowest BCUT2D eigenvalue weighted by Gasteiger charge is -2.64. The summed E-state index contributed by atoms with van der Waals surface area (Å²) in [7, 11) is -0.682. The maximum atomic E-state index is 13.6. The van der Waals surface area contributed by atoms with E-state index in [4.69, 9.17) is 14.0 Å². The van der Waals surface area contributed by atoms with Crippen molar-refractivity contribution >= 4 is 19.1 Å². The molecule has 228 valence electrons. The number of hydrogen-bond donors (Lipinski definition) is 1. The molecule has 2 amide bonds. The number of carbonyl (C=O) groups is 2. The third-order valence-electron chi connectivity index (χ3n) is 10.9. The number of alkyl carbamates (subject to hydrolysis) is 1. The van der Waals surface area contributed by atoms with E-state index in [2.05, 4.69) is 39.1 Å². The molecule has 1 aromatic carbocycles. The molecule has 0 radical (unpaired) electrons. The summed E-state index contributed by atoms with van der Waals surface area (Å²) in [4.78, 5) is 28.3. The summed E-state index contributed by atoms with van der Waals surface area (Å²) < 4.78 is 32.6. The van der Waals surface area contributed by atoms with Crippen molar-refractivity contribution in [2.45, 2.75) is 116 Å². The Kier molecular flexibility index (Phi) is 8.41. The van der Waals surface area contributed by atoms with Crippen molar-refractivity contribution in [2.24, 2.45) is 23.2 Å². The minimum atomic E-state index is -0.770. The van der Waals surface area contributed by atoms with Crippen LogP contribution in [0.15, 0.2) is 24.3 Å². The van der Waals surface area contributed by atoms with Crippen molar-refractivity contribution in [1.29, 1.82) is 5.26 Å². The van der Waals surface area contributed by atoms with Gasteiger partial charge in [-0.3, -0.25) is 4.79 Å². The monoisotopic (exact) mass is 581 g/mol. The van der Waals surface area contributed by atoms with Crippen LogP contribution in [0.5, 0.6) is 0 Å². The fourth-order valence-corrected chi connectivity index (χ4v) is 8.20. The summed E-state index contributed by atoms with van der Waals surface area (Å²) in [6.45, 7) is 12.4. The Morgan fingerprint density at radius 3 is 2.60 bits per heavy atom. The second-order valence-electron chi connectivity index (χ2n) is 14.0. The molecule has 3 aliphatic carbocycles. The summed E-state index contributed by atoms with van der Waals surface area (Å²) in [5.74, 6) is -0.921. The molecular formula is C32H45BFN3O5. The molecule has 1 N–H and O–H groups in total. The highest BCUT2D eigenvalue weighted by Gasteiger charge is 2.68. The van der Waals surface area contributed by atoms with Gasteiger partial charge in [0.05, 0.1) is 29.3 Å². The average molecular weight is 582 g/mol. The lowest BCUT2D eigenvalue weighted by atomic mass is 9.43. The lowest BCUT2D eigenvalue weighted by Crippen LogP contribution is -2.65. The molecule has 2 bridgehead atoms. The molecule has 0 spiro atoms. The van der Waals surface area contributed by atoms with Gasteiger partial charge in [-0.1, -0.05) is 39.3 Å². The van der Waals surface area contributed by atoms with Gasteiger partial charge in [-0.2, -0.15) is 5.26 Å². The zero-order valence-corrected chi connectivity index (χ0v) is 25.8. The Hall–Kier alpha value is -2.64. The summed E-state index contributed by atoms with van der Waals surface area (Å²) in [5.41, 5.74) is -0.132. The highest BCUT2D eigenvalue weighted by Crippen LogP contribution is 2.65. The first-order chi connectivity index (χ1) is 19.8. The van der Waals surface area contributed by atoms with Gasteiger partial charge in [0.15, 0.2) is 0 Å². The van der Waals surface area contributed by atoms with Crippen molar-refractivity contribution < 1.29 is 28.0 Å². The van der Waals surface area contributed by atoms with Gasteiger partial charge in [0.25, 0.3) is 0 Å². The minimum Gasteiger partial charge on any atom is -0.447 e. The molecule has 3 saturated carbocycles. The molecule has 2 aliphatic heterocycles. The van der Waals surface area contributed by atoms with Gasteiger partial charge in [0, 0.05) is 6.04 Å². The highest BCUT2D eigenvalue weighted by atomic mass is 19.1. The number of nitriles is 1. The van der Waals surface area contributed by atoms with Gasteiger partial charge in [0.1, 0.15) is 18.3 Å². The molecule has 0 aromatic heterocycles. The van der Waals surface area contributed by atoms with Crippen molar-refractivity contribution in [2.75, 3.05) is 6.61 Å². The molecule has 10 heteroatoms. The second-order valence-corrected chi connectivity index (χ2v) is 14.0. The Labute approximate surface area is 249 Å². The van der Waals surface area contributed by atoms with E-state index in [1.54, 1.807) is 24.0 Å². The molecule has 5 fully saturated rings. The molecule has 8 nitrogen and oxygen atoms in total. The molecule has 42 heavy (non-hydrogen) atoms. The third kappa shape index (κ3) is 5.43. The first kappa shape index (κ1) is 30.8. The van der Waals surface area contributed by atoms with Crippen molar-refractivity contribution in [3.8, 4) is 6.07 Å². The van der Waals surface area contributed by atoms with Crippen LogP contribution in [0, 0.1) is 40.3 Å². The zero-order valence-electron chi connectivity index (χ0n) is 25.8. The number of ether oxygens (including phenoxy) is 1. The molecule has 6 rings (SSSR count). The number of nitrogens with zero attached hydrogens (tertiary/aromatic N) is 2. The molecule has 8 atom stereocenters. The molecule has 1 aromatic rings. The third-order valence-corrected chi connectivity index (χ3v) is 10.9. The van der Waals surface area contributed by atoms with Gasteiger partial charge in [-0.15, -0.1) is 0 Å². The van der Waals surface area contributed by atoms with Gasteiger partial charge in [-0.05, 0) is 94.2 Å². The predicted molar refractivity (Wildman–Crippen MR) is 156 cm³/mol. The first-order valence-corrected chi connectivity index (χ1v) is 15.6. The lowest BCUT2D eigenvalue weighted by molar-refractivity contribution is -0.199. The normalized spacial score (nSPS) is 34.1. The Morgan fingerprint density at radius 1 is 1.24 bits per heavy atom.